The Kier molecular flexibility index (Phi) is 2.78. The number of carbonyl (C=O) groups excluding carboxylic acids is 1. The number of nitrogen functional groups attached to an aromatic ring is 1. The average Bonchev–Trinajstić information content (AvgIpc) is 2.83. The van der Waals surface area contributed by atoms with E-state index in [0.29, 0.717) is 0 Å². The zero-order chi connectivity index (χ0) is 12.4. The summed E-state index contributed by atoms with van der Waals surface area (Å²) in [6.07, 6.45) is 1.29. The molecule has 1 amide bonds. The number of hydrogen-bond acceptors (Lipinski definition) is 3. The van der Waals surface area contributed by atoms with Crippen LogP contribution in [0.4, 0.5) is 20.2 Å². The highest BCUT2D eigenvalue weighted by molar-refractivity contribution is 6.03. The Labute approximate surface area is 95.0 Å². The number of halogens is 2. The first-order chi connectivity index (χ1) is 8.09. The molecule has 0 spiro atoms. The molecule has 0 radical (unpaired) electrons. The number of nitrogens with two attached hydrogens (primary N) is 1. The number of amides is 1. The SMILES string of the molecule is Nc1ccc(F)c(F)c1NC(=O)c1ccco1. The Morgan fingerprint density at radius 3 is 2.71 bits per heavy atom. The Morgan fingerprint density at radius 2 is 2.06 bits per heavy atom. The Balaban J connectivity index is 2.31. The molecule has 88 valence electrons. The van der Waals surface area contributed by atoms with Crippen molar-refractivity contribution in [2.75, 3.05) is 11.1 Å². The summed E-state index contributed by atoms with van der Waals surface area (Å²) in [5.41, 5.74) is 4.98. The molecule has 6 heteroatoms. The molecule has 0 atom stereocenters. The molecule has 0 saturated carbocycles. The van der Waals surface area contributed by atoms with Crippen LogP contribution >= 0.6 is 0 Å². The minimum Gasteiger partial charge on any atom is -0.459 e. The molecule has 0 fully saturated rings. The lowest BCUT2D eigenvalue weighted by Crippen LogP contribution is -2.14. The van der Waals surface area contributed by atoms with Crippen molar-refractivity contribution in [3.8, 4) is 0 Å². The third-order valence-electron chi connectivity index (χ3n) is 2.11. The maximum absolute atomic E-state index is 13.4. The van der Waals surface area contributed by atoms with E-state index in [-0.39, 0.29) is 11.4 Å². The highest BCUT2D eigenvalue weighted by atomic mass is 19.2. The molecule has 0 unspecified atom stereocenters. The van der Waals surface area contributed by atoms with E-state index in [0.717, 1.165) is 12.1 Å². The van der Waals surface area contributed by atoms with Gasteiger partial charge in [0.2, 0.25) is 0 Å². The molecule has 2 rings (SSSR count). The van der Waals surface area contributed by atoms with Gasteiger partial charge >= 0.3 is 0 Å². The van der Waals surface area contributed by atoms with E-state index in [1.165, 1.54) is 18.4 Å². The highest BCUT2D eigenvalue weighted by Gasteiger charge is 2.16. The summed E-state index contributed by atoms with van der Waals surface area (Å²) < 4.78 is 31.1. The molecule has 0 aliphatic carbocycles. The summed E-state index contributed by atoms with van der Waals surface area (Å²) in [5.74, 6) is -3.02. The number of rotatable bonds is 2. The second-order valence-electron chi connectivity index (χ2n) is 3.26. The van der Waals surface area contributed by atoms with Crippen LogP contribution in [0, 0.1) is 11.6 Å². The van der Waals surface area contributed by atoms with Crippen LogP contribution in [0.1, 0.15) is 10.6 Å². The lowest BCUT2D eigenvalue weighted by molar-refractivity contribution is 0.0996. The van der Waals surface area contributed by atoms with E-state index in [9.17, 15) is 13.6 Å². The van der Waals surface area contributed by atoms with Crippen molar-refractivity contribution < 1.29 is 18.0 Å². The van der Waals surface area contributed by atoms with Gasteiger partial charge in [0, 0.05) is 0 Å². The van der Waals surface area contributed by atoms with Crippen LogP contribution in [0.2, 0.25) is 0 Å². The third-order valence-corrected chi connectivity index (χ3v) is 2.11. The lowest BCUT2D eigenvalue weighted by atomic mass is 10.2. The van der Waals surface area contributed by atoms with E-state index in [2.05, 4.69) is 5.32 Å². The van der Waals surface area contributed by atoms with Gasteiger partial charge in [0.15, 0.2) is 17.4 Å². The first-order valence-electron chi connectivity index (χ1n) is 4.68. The molecule has 0 aliphatic rings. The Bertz CT molecular complexity index is 553. The highest BCUT2D eigenvalue weighted by Crippen LogP contribution is 2.25. The minimum absolute atomic E-state index is 0.0203. The van der Waals surface area contributed by atoms with Crippen molar-refractivity contribution in [3.63, 3.8) is 0 Å². The molecule has 4 nitrogen and oxygen atoms in total. The molecule has 0 bridgehead atoms. The molecular formula is C11H8F2N2O2. The predicted octanol–water partition coefficient (Wildman–Crippen LogP) is 2.39. The van der Waals surface area contributed by atoms with Gasteiger partial charge in [-0.1, -0.05) is 0 Å². The standard InChI is InChI=1S/C11H8F2N2O2/c12-6-3-4-7(14)10(9(6)13)15-11(16)8-2-1-5-17-8/h1-5H,14H2,(H,15,16). The second-order valence-corrected chi connectivity index (χ2v) is 3.26. The minimum atomic E-state index is -1.20. The predicted molar refractivity (Wildman–Crippen MR) is 57.4 cm³/mol. The summed E-state index contributed by atoms with van der Waals surface area (Å²) in [4.78, 5) is 11.5. The van der Waals surface area contributed by atoms with E-state index >= 15 is 0 Å². The van der Waals surface area contributed by atoms with Gasteiger partial charge in [-0.05, 0) is 24.3 Å². The van der Waals surface area contributed by atoms with Crippen LogP contribution in [0.5, 0.6) is 0 Å². The first-order valence-corrected chi connectivity index (χ1v) is 4.68. The molecule has 1 heterocycles. The fraction of sp³-hybridized carbons (Fsp3) is 0. The number of nitrogens with one attached hydrogen (secondary N) is 1. The number of carbonyl (C=O) groups is 1. The van der Waals surface area contributed by atoms with E-state index in [1.807, 2.05) is 0 Å². The zero-order valence-electron chi connectivity index (χ0n) is 8.54. The van der Waals surface area contributed by atoms with Crippen LogP contribution in [-0.4, -0.2) is 5.91 Å². The maximum Gasteiger partial charge on any atom is 0.291 e. The lowest BCUT2D eigenvalue weighted by Gasteiger charge is -2.08. The van der Waals surface area contributed by atoms with E-state index < -0.39 is 23.2 Å². The largest absolute Gasteiger partial charge is 0.459 e. The van der Waals surface area contributed by atoms with E-state index in [1.54, 1.807) is 0 Å². The van der Waals surface area contributed by atoms with Crippen molar-refractivity contribution in [2.45, 2.75) is 0 Å². The monoisotopic (exact) mass is 238 g/mol. The quantitative estimate of drug-likeness (QED) is 0.789. The fourth-order valence-electron chi connectivity index (χ4n) is 1.28. The van der Waals surface area contributed by atoms with Gasteiger partial charge in [-0.3, -0.25) is 4.79 Å². The van der Waals surface area contributed by atoms with Crippen LogP contribution in [-0.2, 0) is 0 Å². The Hall–Kier alpha value is -2.37. The van der Waals surface area contributed by atoms with Crippen LogP contribution < -0.4 is 11.1 Å². The molecule has 1 aromatic carbocycles. The van der Waals surface area contributed by atoms with Gasteiger partial charge in [-0.25, -0.2) is 8.78 Å². The van der Waals surface area contributed by atoms with Crippen molar-refractivity contribution in [1.29, 1.82) is 0 Å². The topological polar surface area (TPSA) is 68.3 Å². The molecule has 0 aliphatic heterocycles. The van der Waals surface area contributed by atoms with Crippen LogP contribution in [0.15, 0.2) is 34.9 Å². The number of hydrogen-bond donors (Lipinski definition) is 2. The molecular weight excluding hydrogens is 230 g/mol. The van der Waals surface area contributed by atoms with Gasteiger partial charge in [0.05, 0.1) is 12.0 Å². The Morgan fingerprint density at radius 1 is 1.29 bits per heavy atom. The fourth-order valence-corrected chi connectivity index (χ4v) is 1.28. The molecule has 3 N–H and O–H groups in total. The molecule has 1 aromatic heterocycles. The van der Waals surface area contributed by atoms with Gasteiger partial charge in [-0.2, -0.15) is 0 Å². The zero-order valence-corrected chi connectivity index (χ0v) is 8.54. The maximum atomic E-state index is 13.4. The van der Waals surface area contributed by atoms with Gasteiger partial charge in [0.1, 0.15) is 5.69 Å². The summed E-state index contributed by atoms with van der Waals surface area (Å²) in [5, 5.41) is 2.15. The molecule has 2 aromatic rings. The number of anilines is 2. The summed E-state index contributed by atoms with van der Waals surface area (Å²) in [6.45, 7) is 0. The second kappa shape index (κ2) is 4.25. The van der Waals surface area contributed by atoms with Crippen molar-refractivity contribution in [3.05, 3.63) is 47.9 Å². The van der Waals surface area contributed by atoms with Crippen LogP contribution in [0.3, 0.4) is 0 Å². The van der Waals surface area contributed by atoms with Crippen molar-refractivity contribution in [1.82, 2.24) is 0 Å². The van der Waals surface area contributed by atoms with E-state index in [4.69, 9.17) is 10.2 Å². The molecule has 17 heavy (non-hydrogen) atoms. The van der Waals surface area contributed by atoms with Crippen LogP contribution in [0.25, 0.3) is 0 Å². The summed E-state index contributed by atoms with van der Waals surface area (Å²) >= 11 is 0. The van der Waals surface area contributed by atoms with Gasteiger partial charge < -0.3 is 15.5 Å². The third kappa shape index (κ3) is 2.10. The summed E-state index contributed by atoms with van der Waals surface area (Å²) in [7, 11) is 0. The average molecular weight is 238 g/mol. The van der Waals surface area contributed by atoms with Crippen molar-refractivity contribution >= 4 is 17.3 Å². The van der Waals surface area contributed by atoms with Gasteiger partial charge in [0.25, 0.3) is 5.91 Å². The first kappa shape index (κ1) is 11.1. The molecule has 0 saturated heterocycles. The number of benzene rings is 1. The van der Waals surface area contributed by atoms with Gasteiger partial charge in [-0.15, -0.1) is 0 Å². The normalized spacial score (nSPS) is 10.2. The smallest absolute Gasteiger partial charge is 0.291 e. The van der Waals surface area contributed by atoms with Crippen molar-refractivity contribution in [2.24, 2.45) is 0 Å². The summed E-state index contributed by atoms with van der Waals surface area (Å²) in [6, 6.07) is 4.94. The number of furan rings is 1.